The van der Waals surface area contributed by atoms with Gasteiger partial charge in [0, 0.05) is 6.54 Å². The fourth-order valence-corrected chi connectivity index (χ4v) is 3.77. The number of carbonyl (C=O) groups is 1. The molecule has 0 bridgehead atoms. The number of hydrogen-bond acceptors (Lipinski definition) is 2. The molecule has 0 heterocycles. The summed E-state index contributed by atoms with van der Waals surface area (Å²) in [5.41, 5.74) is 6.13. The Morgan fingerprint density at radius 3 is 1.96 bits per heavy atom. The van der Waals surface area contributed by atoms with Crippen molar-refractivity contribution in [2.45, 2.75) is 32.6 Å². The molecule has 0 saturated carbocycles. The van der Waals surface area contributed by atoms with Crippen LogP contribution in [-0.2, 0) is 11.2 Å². The predicted octanol–water partition coefficient (Wildman–Crippen LogP) is 5.96. The molecule has 0 aliphatic heterocycles. The van der Waals surface area contributed by atoms with E-state index in [9.17, 15) is 4.79 Å². The van der Waals surface area contributed by atoms with E-state index in [1.54, 1.807) is 0 Å². The Hall–Kier alpha value is 0.1000. The van der Waals surface area contributed by atoms with Gasteiger partial charge >= 0.3 is 5.97 Å². The first-order valence-corrected chi connectivity index (χ1v) is 9.02. The lowest BCUT2D eigenvalue weighted by Crippen LogP contribution is -2.25. The summed E-state index contributed by atoms with van der Waals surface area (Å²) in [4.78, 5) is 11.0. The van der Waals surface area contributed by atoms with E-state index in [0.717, 1.165) is 12.8 Å². The van der Waals surface area contributed by atoms with Crippen LogP contribution in [0.3, 0.4) is 0 Å². The third-order valence-electron chi connectivity index (χ3n) is 3.75. The molecule has 0 saturated heterocycles. The zero-order chi connectivity index (χ0) is 17.7. The second kappa shape index (κ2) is 9.55. The van der Waals surface area contributed by atoms with Crippen LogP contribution in [-0.4, -0.2) is 17.6 Å². The van der Waals surface area contributed by atoms with E-state index in [1.807, 2.05) is 6.92 Å². The van der Waals surface area contributed by atoms with Gasteiger partial charge in [-0.25, -0.2) is 0 Å². The second-order valence-corrected chi connectivity index (χ2v) is 7.44. The van der Waals surface area contributed by atoms with Gasteiger partial charge in [0.05, 0.1) is 31.0 Å². The van der Waals surface area contributed by atoms with Crippen LogP contribution >= 0.6 is 58.0 Å². The van der Waals surface area contributed by atoms with Crippen molar-refractivity contribution in [1.82, 2.24) is 0 Å². The molecule has 0 amide bonds. The first-order chi connectivity index (χ1) is 10.7. The Bertz CT molecular complexity index is 550. The molecule has 3 N–H and O–H groups in total. The van der Waals surface area contributed by atoms with E-state index in [-0.39, 0.29) is 27.5 Å². The predicted molar refractivity (Wildman–Crippen MR) is 98.4 cm³/mol. The molecule has 0 spiro atoms. The van der Waals surface area contributed by atoms with Gasteiger partial charge in [0.1, 0.15) is 0 Å². The minimum Gasteiger partial charge on any atom is -0.481 e. The van der Waals surface area contributed by atoms with Crippen molar-refractivity contribution in [3.8, 4) is 0 Å². The van der Waals surface area contributed by atoms with Gasteiger partial charge in [0.2, 0.25) is 0 Å². The van der Waals surface area contributed by atoms with Crippen molar-refractivity contribution >= 4 is 64.0 Å². The van der Waals surface area contributed by atoms with Crippen molar-refractivity contribution in [2.75, 3.05) is 6.54 Å². The first-order valence-electron chi connectivity index (χ1n) is 7.13. The maximum Gasteiger partial charge on any atom is 0.307 e. The van der Waals surface area contributed by atoms with E-state index in [1.165, 1.54) is 0 Å². The molecule has 2 atom stereocenters. The van der Waals surface area contributed by atoms with Gasteiger partial charge in [-0.3, -0.25) is 4.79 Å². The molecular formula is C15H18Cl5NO2. The van der Waals surface area contributed by atoms with Gasteiger partial charge in [-0.1, -0.05) is 71.3 Å². The van der Waals surface area contributed by atoms with Gasteiger partial charge in [-0.2, -0.15) is 0 Å². The van der Waals surface area contributed by atoms with Crippen molar-refractivity contribution in [1.29, 1.82) is 0 Å². The number of rotatable bonds is 8. The van der Waals surface area contributed by atoms with E-state index < -0.39 is 11.9 Å². The lowest BCUT2D eigenvalue weighted by atomic mass is 9.91. The van der Waals surface area contributed by atoms with Crippen LogP contribution in [0.5, 0.6) is 0 Å². The minimum atomic E-state index is -0.860. The maximum atomic E-state index is 11.0. The van der Waals surface area contributed by atoms with E-state index in [4.69, 9.17) is 68.8 Å². The van der Waals surface area contributed by atoms with E-state index in [2.05, 4.69) is 0 Å². The first kappa shape index (κ1) is 21.1. The van der Waals surface area contributed by atoms with Crippen LogP contribution in [0.1, 0.15) is 31.7 Å². The Labute approximate surface area is 161 Å². The molecule has 8 heteroatoms. The van der Waals surface area contributed by atoms with Crippen LogP contribution < -0.4 is 5.73 Å². The zero-order valence-corrected chi connectivity index (χ0v) is 16.3. The highest BCUT2D eigenvalue weighted by Gasteiger charge is 2.21. The summed E-state index contributed by atoms with van der Waals surface area (Å²) in [6.07, 6.45) is 2.70. The second-order valence-electron chi connectivity index (χ2n) is 5.55. The van der Waals surface area contributed by atoms with E-state index >= 15 is 0 Å². The minimum absolute atomic E-state index is 0.139. The molecule has 0 fully saturated rings. The van der Waals surface area contributed by atoms with Crippen molar-refractivity contribution in [3.63, 3.8) is 0 Å². The van der Waals surface area contributed by atoms with Crippen LogP contribution in [0.4, 0.5) is 0 Å². The highest BCUT2D eigenvalue weighted by atomic mass is 35.5. The summed E-state index contributed by atoms with van der Waals surface area (Å²) in [7, 11) is 0. The van der Waals surface area contributed by atoms with Crippen LogP contribution in [0.25, 0.3) is 0 Å². The average molecular weight is 422 g/mol. The third-order valence-corrected chi connectivity index (χ3v) is 6.10. The zero-order valence-electron chi connectivity index (χ0n) is 12.5. The number of nitrogens with two attached hydrogens (primary N) is 1. The van der Waals surface area contributed by atoms with Gasteiger partial charge in [0.15, 0.2) is 0 Å². The number of carboxylic acid groups (broad SMARTS) is 1. The van der Waals surface area contributed by atoms with Crippen molar-refractivity contribution < 1.29 is 9.90 Å². The van der Waals surface area contributed by atoms with E-state index in [0.29, 0.717) is 28.5 Å². The largest absolute Gasteiger partial charge is 0.481 e. The summed E-state index contributed by atoms with van der Waals surface area (Å²) in [6.45, 7) is 2.14. The number of carboxylic acids is 1. The molecule has 1 aromatic carbocycles. The maximum absolute atomic E-state index is 11.0. The molecule has 130 valence electrons. The monoisotopic (exact) mass is 419 g/mol. The summed E-state index contributed by atoms with van der Waals surface area (Å²) in [6, 6.07) is 0. The molecule has 0 radical (unpaired) electrons. The summed E-state index contributed by atoms with van der Waals surface area (Å²) < 4.78 is 0. The number of aliphatic carboxylic acids is 1. The standard InChI is InChI=1S/C15H18Cl5NO2/c1-7(5-8(6-21)15(22)23)3-2-4-9-10(16)12(18)14(20)13(19)11(9)17/h7-8H,2-6,21H2,1H3,(H,22,23). The normalized spacial score (nSPS) is 13.9. The highest BCUT2D eigenvalue weighted by Crippen LogP contribution is 2.44. The van der Waals surface area contributed by atoms with Gasteiger partial charge in [0.25, 0.3) is 0 Å². The van der Waals surface area contributed by atoms with Gasteiger partial charge in [-0.05, 0) is 30.7 Å². The lowest BCUT2D eigenvalue weighted by molar-refractivity contribution is -0.141. The fraction of sp³-hybridized carbons (Fsp3) is 0.533. The Morgan fingerprint density at radius 2 is 1.52 bits per heavy atom. The summed E-state index contributed by atoms with van der Waals surface area (Å²) in [5, 5.41) is 10.2. The molecule has 3 nitrogen and oxygen atoms in total. The van der Waals surface area contributed by atoms with Gasteiger partial charge in [-0.15, -0.1) is 0 Å². The summed E-state index contributed by atoms with van der Waals surface area (Å²) >= 11 is 30.4. The Balaban J connectivity index is 2.68. The molecule has 1 rings (SSSR count). The number of benzene rings is 1. The van der Waals surface area contributed by atoms with Gasteiger partial charge < -0.3 is 10.8 Å². The molecule has 0 aliphatic carbocycles. The number of halogens is 5. The van der Waals surface area contributed by atoms with Crippen molar-refractivity contribution in [2.24, 2.45) is 17.6 Å². The van der Waals surface area contributed by atoms with Crippen LogP contribution in [0, 0.1) is 11.8 Å². The third kappa shape index (κ3) is 5.55. The smallest absolute Gasteiger partial charge is 0.307 e. The SMILES string of the molecule is CC(CCCc1c(Cl)c(Cl)c(Cl)c(Cl)c1Cl)CC(CN)C(=O)O. The quantitative estimate of drug-likeness (QED) is 0.402. The molecular weight excluding hydrogens is 403 g/mol. The molecule has 0 aliphatic rings. The number of hydrogen-bond donors (Lipinski definition) is 2. The topological polar surface area (TPSA) is 63.3 Å². The molecule has 23 heavy (non-hydrogen) atoms. The van der Waals surface area contributed by atoms with Crippen molar-refractivity contribution in [3.05, 3.63) is 30.7 Å². The Kier molecular flexibility index (Phi) is 8.78. The molecule has 0 aromatic heterocycles. The summed E-state index contributed by atoms with van der Waals surface area (Å²) in [5.74, 6) is -1.16. The van der Waals surface area contributed by atoms with Crippen LogP contribution in [0.2, 0.25) is 25.1 Å². The average Bonchev–Trinajstić information content (AvgIpc) is 2.51. The molecule has 2 unspecified atom stereocenters. The Morgan fingerprint density at radius 1 is 1.04 bits per heavy atom. The van der Waals surface area contributed by atoms with Crippen LogP contribution in [0.15, 0.2) is 0 Å². The molecule has 1 aromatic rings. The highest BCUT2D eigenvalue weighted by molar-refractivity contribution is 6.55. The fourth-order valence-electron chi connectivity index (χ4n) is 2.40. The lowest BCUT2D eigenvalue weighted by Gasteiger charge is -2.17.